The first-order valence-corrected chi connectivity index (χ1v) is 7.45. The fourth-order valence-electron chi connectivity index (χ4n) is 2.49. The van der Waals surface area contributed by atoms with Crippen LogP contribution in [0.2, 0.25) is 0 Å². The van der Waals surface area contributed by atoms with Crippen LogP contribution >= 0.6 is 11.8 Å². The number of anilines is 1. The molecule has 2 rings (SSSR count). The minimum absolute atomic E-state index is 0.479. The molecule has 1 aliphatic rings. The molecule has 1 aromatic rings. The van der Waals surface area contributed by atoms with E-state index in [0.717, 1.165) is 12.5 Å². The molecule has 0 aromatic heterocycles. The Kier molecular flexibility index (Phi) is 4.35. The van der Waals surface area contributed by atoms with Gasteiger partial charge in [-0.3, -0.25) is 0 Å². The van der Waals surface area contributed by atoms with Crippen molar-refractivity contribution in [2.45, 2.75) is 19.4 Å². The number of likely N-dealkylation sites (N-methyl/N-ethyl adjacent to an activating group) is 1. The SMILES string of the molecule is Cc1ccc(N(C)C(CN)C2CCSC2)cc1. The van der Waals surface area contributed by atoms with Gasteiger partial charge in [0.05, 0.1) is 0 Å². The van der Waals surface area contributed by atoms with Crippen molar-refractivity contribution in [3.63, 3.8) is 0 Å². The molecular formula is C14H22N2S. The predicted octanol–water partition coefficient (Wildman–Crippen LogP) is 2.51. The molecule has 3 heteroatoms. The maximum absolute atomic E-state index is 5.97. The Morgan fingerprint density at radius 1 is 1.41 bits per heavy atom. The Labute approximate surface area is 109 Å². The van der Waals surface area contributed by atoms with Crippen LogP contribution in [-0.2, 0) is 0 Å². The second kappa shape index (κ2) is 5.78. The van der Waals surface area contributed by atoms with Crippen molar-refractivity contribution >= 4 is 17.4 Å². The van der Waals surface area contributed by atoms with Gasteiger partial charge in [0.1, 0.15) is 0 Å². The highest BCUT2D eigenvalue weighted by Gasteiger charge is 2.27. The Bertz CT molecular complexity index is 344. The van der Waals surface area contributed by atoms with E-state index in [2.05, 4.69) is 54.9 Å². The van der Waals surface area contributed by atoms with E-state index in [1.807, 2.05) is 0 Å². The molecule has 2 atom stereocenters. The summed E-state index contributed by atoms with van der Waals surface area (Å²) >= 11 is 2.06. The molecule has 1 heterocycles. The van der Waals surface area contributed by atoms with Gasteiger partial charge in [0.15, 0.2) is 0 Å². The molecule has 0 radical (unpaired) electrons. The summed E-state index contributed by atoms with van der Waals surface area (Å²) in [6.07, 6.45) is 1.31. The van der Waals surface area contributed by atoms with Gasteiger partial charge < -0.3 is 10.6 Å². The highest BCUT2D eigenvalue weighted by Crippen LogP contribution is 2.30. The van der Waals surface area contributed by atoms with Crippen molar-refractivity contribution in [1.29, 1.82) is 0 Å². The van der Waals surface area contributed by atoms with Crippen molar-refractivity contribution < 1.29 is 0 Å². The second-order valence-corrected chi connectivity index (χ2v) is 6.02. The molecule has 2 N–H and O–H groups in total. The van der Waals surface area contributed by atoms with E-state index < -0.39 is 0 Å². The minimum Gasteiger partial charge on any atom is -0.370 e. The van der Waals surface area contributed by atoms with E-state index >= 15 is 0 Å². The molecule has 0 spiro atoms. The van der Waals surface area contributed by atoms with Crippen molar-refractivity contribution in [2.75, 3.05) is 30.0 Å². The molecule has 17 heavy (non-hydrogen) atoms. The summed E-state index contributed by atoms with van der Waals surface area (Å²) in [5.74, 6) is 3.30. The smallest absolute Gasteiger partial charge is 0.0445 e. The first-order valence-electron chi connectivity index (χ1n) is 6.29. The third-order valence-corrected chi connectivity index (χ3v) is 4.88. The Balaban J connectivity index is 2.10. The number of rotatable bonds is 4. The molecule has 1 aliphatic heterocycles. The van der Waals surface area contributed by atoms with Crippen molar-refractivity contribution in [2.24, 2.45) is 11.7 Å². The van der Waals surface area contributed by atoms with Crippen LogP contribution in [0.25, 0.3) is 0 Å². The molecule has 0 amide bonds. The molecule has 2 unspecified atom stereocenters. The van der Waals surface area contributed by atoms with Crippen molar-refractivity contribution in [1.82, 2.24) is 0 Å². The minimum atomic E-state index is 0.479. The number of hydrogen-bond acceptors (Lipinski definition) is 3. The van der Waals surface area contributed by atoms with Gasteiger partial charge in [-0.15, -0.1) is 0 Å². The molecule has 2 nitrogen and oxygen atoms in total. The summed E-state index contributed by atoms with van der Waals surface area (Å²) in [5, 5.41) is 0. The van der Waals surface area contributed by atoms with Gasteiger partial charge in [-0.25, -0.2) is 0 Å². The van der Waals surface area contributed by atoms with Crippen LogP contribution in [-0.4, -0.2) is 31.1 Å². The van der Waals surface area contributed by atoms with E-state index in [1.54, 1.807) is 0 Å². The van der Waals surface area contributed by atoms with Gasteiger partial charge in [0.25, 0.3) is 0 Å². The lowest BCUT2D eigenvalue weighted by atomic mass is 9.97. The number of thioether (sulfide) groups is 1. The van der Waals surface area contributed by atoms with Crippen LogP contribution < -0.4 is 10.6 Å². The topological polar surface area (TPSA) is 29.3 Å². The summed E-state index contributed by atoms with van der Waals surface area (Å²) in [4.78, 5) is 2.36. The number of nitrogens with zero attached hydrogens (tertiary/aromatic N) is 1. The highest BCUT2D eigenvalue weighted by molar-refractivity contribution is 7.99. The number of hydrogen-bond donors (Lipinski definition) is 1. The summed E-state index contributed by atoms with van der Waals surface area (Å²) in [6, 6.07) is 9.21. The molecule has 1 saturated heterocycles. The average molecular weight is 250 g/mol. The molecule has 0 bridgehead atoms. The van der Waals surface area contributed by atoms with Gasteiger partial charge in [-0.2, -0.15) is 11.8 Å². The van der Waals surface area contributed by atoms with Gasteiger partial charge >= 0.3 is 0 Å². The first kappa shape index (κ1) is 12.8. The molecule has 1 fully saturated rings. The van der Waals surface area contributed by atoms with Crippen LogP contribution in [0.5, 0.6) is 0 Å². The zero-order chi connectivity index (χ0) is 12.3. The maximum atomic E-state index is 5.97. The summed E-state index contributed by atoms with van der Waals surface area (Å²) in [5.41, 5.74) is 8.56. The largest absolute Gasteiger partial charge is 0.370 e. The van der Waals surface area contributed by atoms with Crippen LogP contribution in [0.1, 0.15) is 12.0 Å². The number of nitrogens with two attached hydrogens (primary N) is 1. The Morgan fingerprint density at radius 2 is 2.12 bits per heavy atom. The number of aryl methyl sites for hydroxylation is 1. The highest BCUT2D eigenvalue weighted by atomic mass is 32.2. The Morgan fingerprint density at radius 3 is 2.65 bits per heavy atom. The van der Waals surface area contributed by atoms with Crippen LogP contribution in [0.15, 0.2) is 24.3 Å². The molecular weight excluding hydrogens is 228 g/mol. The third-order valence-electron chi connectivity index (χ3n) is 3.69. The van der Waals surface area contributed by atoms with E-state index in [0.29, 0.717) is 6.04 Å². The van der Waals surface area contributed by atoms with Crippen molar-refractivity contribution in [3.8, 4) is 0 Å². The standard InChI is InChI=1S/C14H22N2S/c1-11-3-5-13(6-4-11)16(2)14(9-15)12-7-8-17-10-12/h3-6,12,14H,7-10,15H2,1-2H3. The summed E-state index contributed by atoms with van der Waals surface area (Å²) in [7, 11) is 2.17. The van der Waals surface area contributed by atoms with Crippen LogP contribution in [0.4, 0.5) is 5.69 Å². The Hall–Kier alpha value is -0.670. The fraction of sp³-hybridized carbons (Fsp3) is 0.571. The lowest BCUT2D eigenvalue weighted by Gasteiger charge is -2.33. The van der Waals surface area contributed by atoms with E-state index in [-0.39, 0.29) is 0 Å². The quantitative estimate of drug-likeness (QED) is 0.890. The predicted molar refractivity (Wildman–Crippen MR) is 77.9 cm³/mol. The van der Waals surface area contributed by atoms with E-state index in [1.165, 1.54) is 29.2 Å². The van der Waals surface area contributed by atoms with Gasteiger partial charge in [-0.05, 0) is 42.9 Å². The van der Waals surface area contributed by atoms with Crippen molar-refractivity contribution in [3.05, 3.63) is 29.8 Å². The van der Waals surface area contributed by atoms with E-state index in [4.69, 9.17) is 5.73 Å². The molecule has 0 saturated carbocycles. The zero-order valence-corrected chi connectivity index (χ0v) is 11.5. The lowest BCUT2D eigenvalue weighted by Crippen LogP contribution is -2.43. The van der Waals surface area contributed by atoms with Gasteiger partial charge in [-0.1, -0.05) is 17.7 Å². The van der Waals surface area contributed by atoms with Crippen LogP contribution in [0, 0.1) is 12.8 Å². The average Bonchev–Trinajstić information content (AvgIpc) is 2.84. The molecule has 94 valence electrons. The molecule has 1 aromatic carbocycles. The second-order valence-electron chi connectivity index (χ2n) is 4.87. The lowest BCUT2D eigenvalue weighted by molar-refractivity contribution is 0.454. The summed E-state index contributed by atoms with van der Waals surface area (Å²) < 4.78 is 0. The zero-order valence-electron chi connectivity index (χ0n) is 10.7. The fourth-order valence-corrected chi connectivity index (χ4v) is 3.82. The van der Waals surface area contributed by atoms with Crippen LogP contribution in [0.3, 0.4) is 0 Å². The first-order chi connectivity index (χ1) is 8.22. The summed E-state index contributed by atoms with van der Waals surface area (Å²) in [6.45, 7) is 2.87. The van der Waals surface area contributed by atoms with Gasteiger partial charge in [0, 0.05) is 25.3 Å². The molecule has 0 aliphatic carbocycles. The number of benzene rings is 1. The maximum Gasteiger partial charge on any atom is 0.0445 e. The van der Waals surface area contributed by atoms with Gasteiger partial charge in [0.2, 0.25) is 0 Å². The third kappa shape index (κ3) is 2.96. The normalized spacial score (nSPS) is 21.5. The monoisotopic (exact) mass is 250 g/mol. The van der Waals surface area contributed by atoms with E-state index in [9.17, 15) is 0 Å².